The molecule has 0 spiro atoms. The molecule has 0 aliphatic carbocycles. The zero-order valence-electron chi connectivity index (χ0n) is 15.6. The molecule has 0 amide bonds. The molecule has 0 fully saturated rings. The highest BCUT2D eigenvalue weighted by molar-refractivity contribution is 8.07. The van der Waals surface area contributed by atoms with Crippen molar-refractivity contribution >= 4 is 24.1 Å². The maximum absolute atomic E-state index is 4.67. The van der Waals surface area contributed by atoms with E-state index in [2.05, 4.69) is 22.8 Å². The molecule has 22 heavy (non-hydrogen) atoms. The van der Waals surface area contributed by atoms with Gasteiger partial charge in [0.1, 0.15) is 0 Å². The van der Waals surface area contributed by atoms with Crippen LogP contribution in [0.15, 0.2) is 0 Å². The topological polar surface area (TPSA) is 21.3 Å². The molecule has 4 heteroatoms. The third kappa shape index (κ3) is 28.7. The zero-order chi connectivity index (χ0) is 16.7. The predicted octanol–water partition coefficient (Wildman–Crippen LogP) is 6.86. The van der Waals surface area contributed by atoms with E-state index >= 15 is 0 Å². The molecule has 0 unspecified atom stereocenters. The molecule has 0 radical (unpaired) electrons. The molecule has 0 aromatic heterocycles. The first kappa shape index (κ1) is 24.9. The van der Waals surface area contributed by atoms with Crippen LogP contribution in [0.4, 0.5) is 0 Å². The van der Waals surface area contributed by atoms with Gasteiger partial charge in [0.25, 0.3) is 0 Å². The van der Waals surface area contributed by atoms with Crippen LogP contribution >= 0.6 is 24.1 Å². The van der Waals surface area contributed by atoms with Crippen molar-refractivity contribution in [3.05, 3.63) is 0 Å². The Labute approximate surface area is 149 Å². The van der Waals surface area contributed by atoms with E-state index in [0.29, 0.717) is 0 Å². The van der Waals surface area contributed by atoms with Gasteiger partial charge >= 0.3 is 0 Å². The lowest BCUT2D eigenvalue weighted by molar-refractivity contribution is 0.540. The minimum atomic E-state index is 1.22. The van der Waals surface area contributed by atoms with E-state index in [4.69, 9.17) is 0 Å². The van der Waals surface area contributed by atoms with E-state index in [1.54, 1.807) is 0 Å². The standard InChI is InChI=1S/C16H35N.C2H6OS2/c1-3-5-7-8-9-10-11-12-13-14-16-17-15-6-4-2;1-4-3-5-2/h17H,3-16H2,1-2H3;1-2H3. The summed E-state index contributed by atoms with van der Waals surface area (Å²) < 4.78 is 4.67. The van der Waals surface area contributed by atoms with Gasteiger partial charge in [-0.15, -0.1) is 0 Å². The van der Waals surface area contributed by atoms with Gasteiger partial charge in [-0.2, -0.15) is 0 Å². The van der Waals surface area contributed by atoms with Crippen molar-refractivity contribution < 1.29 is 3.63 Å². The molecule has 1 N–H and O–H groups in total. The minimum Gasteiger partial charge on any atom is -0.317 e. The van der Waals surface area contributed by atoms with Crippen molar-refractivity contribution in [3.8, 4) is 0 Å². The maximum Gasteiger partial charge on any atom is 0.00948 e. The highest BCUT2D eigenvalue weighted by Gasteiger charge is 1.92. The largest absolute Gasteiger partial charge is 0.317 e. The molecule has 0 saturated carbocycles. The van der Waals surface area contributed by atoms with Crippen LogP contribution in [0.3, 0.4) is 0 Å². The zero-order valence-corrected chi connectivity index (χ0v) is 17.3. The first-order valence-corrected chi connectivity index (χ1v) is 11.6. The summed E-state index contributed by atoms with van der Waals surface area (Å²) in [6.07, 6.45) is 20.8. The molecule has 0 saturated heterocycles. The maximum atomic E-state index is 4.67. The number of nitrogens with one attached hydrogen (secondary N) is 1. The smallest absolute Gasteiger partial charge is 0.00948 e. The van der Waals surface area contributed by atoms with Gasteiger partial charge in [-0.1, -0.05) is 78.1 Å². The van der Waals surface area contributed by atoms with Crippen LogP contribution in [0.1, 0.15) is 90.9 Å². The van der Waals surface area contributed by atoms with Crippen LogP contribution in [0.25, 0.3) is 0 Å². The molecule has 0 atom stereocenters. The molecule has 0 bridgehead atoms. The molecule has 136 valence electrons. The van der Waals surface area contributed by atoms with Crippen LogP contribution in [0.2, 0.25) is 0 Å². The number of hydrogen-bond donors (Lipinski definition) is 1. The summed E-state index contributed by atoms with van der Waals surface area (Å²) in [5.74, 6) is 0. The van der Waals surface area contributed by atoms with Crippen LogP contribution in [-0.2, 0) is 3.63 Å². The van der Waals surface area contributed by atoms with Crippen molar-refractivity contribution in [1.29, 1.82) is 0 Å². The summed E-state index contributed by atoms with van der Waals surface area (Å²) >= 11 is 2.73. The second-order valence-corrected chi connectivity index (χ2v) is 6.90. The lowest BCUT2D eigenvalue weighted by atomic mass is 10.1. The van der Waals surface area contributed by atoms with Gasteiger partial charge in [-0.25, -0.2) is 3.63 Å². The van der Waals surface area contributed by atoms with Gasteiger partial charge in [-0.3, -0.25) is 0 Å². The van der Waals surface area contributed by atoms with Gasteiger partial charge in [0.05, 0.1) is 0 Å². The first-order valence-electron chi connectivity index (χ1n) is 9.27. The highest BCUT2D eigenvalue weighted by atomic mass is 32.2. The Morgan fingerprint density at radius 2 is 1.00 bits per heavy atom. The average Bonchev–Trinajstić information content (AvgIpc) is 2.53. The van der Waals surface area contributed by atoms with Gasteiger partial charge in [0.2, 0.25) is 0 Å². The number of rotatable bonds is 16. The second-order valence-electron chi connectivity index (χ2n) is 5.69. The monoisotopic (exact) mass is 351 g/mol. The van der Waals surface area contributed by atoms with Crippen LogP contribution in [-0.4, -0.2) is 25.6 Å². The normalized spacial score (nSPS) is 10.4. The summed E-state index contributed by atoms with van der Waals surface area (Å²) in [6.45, 7) is 6.99. The van der Waals surface area contributed by atoms with Gasteiger partial charge < -0.3 is 5.32 Å². The fraction of sp³-hybridized carbons (Fsp3) is 1.00. The molecular formula is C18H41NOS2. The van der Waals surface area contributed by atoms with Crippen molar-refractivity contribution in [2.45, 2.75) is 90.9 Å². The Balaban J connectivity index is 0. The van der Waals surface area contributed by atoms with Crippen molar-refractivity contribution in [1.82, 2.24) is 5.32 Å². The Hall–Kier alpha value is 0.620. The third-order valence-corrected chi connectivity index (χ3v) is 4.64. The summed E-state index contributed by atoms with van der Waals surface area (Å²) in [4.78, 5) is 0. The lowest BCUT2D eigenvalue weighted by Crippen LogP contribution is -2.16. The minimum absolute atomic E-state index is 1.22. The van der Waals surface area contributed by atoms with E-state index in [1.807, 2.05) is 12.5 Å². The van der Waals surface area contributed by atoms with E-state index < -0.39 is 0 Å². The first-order chi connectivity index (χ1) is 10.8. The molecule has 0 aromatic carbocycles. The Morgan fingerprint density at radius 1 is 0.591 bits per heavy atom. The summed E-state index contributed by atoms with van der Waals surface area (Å²) in [5.41, 5.74) is 0. The number of hydrogen-bond acceptors (Lipinski definition) is 4. The Morgan fingerprint density at radius 3 is 1.41 bits per heavy atom. The molecule has 0 aliphatic heterocycles. The third-order valence-electron chi connectivity index (χ3n) is 3.55. The van der Waals surface area contributed by atoms with Crippen molar-refractivity contribution in [2.24, 2.45) is 0 Å². The fourth-order valence-corrected chi connectivity index (χ4v) is 2.78. The Bertz CT molecular complexity index is 155. The van der Waals surface area contributed by atoms with Gasteiger partial charge in [0, 0.05) is 36.6 Å². The molecule has 2 nitrogen and oxygen atoms in total. The van der Waals surface area contributed by atoms with Crippen molar-refractivity contribution in [3.63, 3.8) is 0 Å². The summed E-state index contributed by atoms with van der Waals surface area (Å²) in [5, 5.41) is 3.51. The molecule has 0 aliphatic rings. The SMILES string of the molecule is CCCCCCCCCCCCNCCCC.CSOSC. The van der Waals surface area contributed by atoms with Crippen LogP contribution in [0.5, 0.6) is 0 Å². The Kier molecular flexibility index (Phi) is 30.0. The highest BCUT2D eigenvalue weighted by Crippen LogP contribution is 2.10. The molecule has 0 rings (SSSR count). The number of unbranched alkanes of at least 4 members (excludes halogenated alkanes) is 10. The summed E-state index contributed by atoms with van der Waals surface area (Å²) in [6, 6.07) is 0. The fourth-order valence-electron chi connectivity index (χ4n) is 2.23. The van der Waals surface area contributed by atoms with Crippen molar-refractivity contribution in [2.75, 3.05) is 25.6 Å². The summed E-state index contributed by atoms with van der Waals surface area (Å²) in [7, 11) is 0. The van der Waals surface area contributed by atoms with E-state index in [-0.39, 0.29) is 0 Å². The molecule has 0 heterocycles. The lowest BCUT2D eigenvalue weighted by Gasteiger charge is -2.04. The quantitative estimate of drug-likeness (QED) is 0.242. The molecule has 0 aromatic rings. The van der Waals surface area contributed by atoms with Crippen LogP contribution < -0.4 is 5.32 Å². The van der Waals surface area contributed by atoms with Crippen LogP contribution in [0, 0.1) is 0 Å². The van der Waals surface area contributed by atoms with E-state index in [9.17, 15) is 0 Å². The van der Waals surface area contributed by atoms with Gasteiger partial charge in [-0.05, 0) is 25.9 Å². The second kappa shape index (κ2) is 26.5. The average molecular weight is 352 g/mol. The van der Waals surface area contributed by atoms with E-state index in [1.165, 1.54) is 114 Å². The van der Waals surface area contributed by atoms with E-state index in [0.717, 1.165) is 0 Å². The predicted molar refractivity (Wildman–Crippen MR) is 108 cm³/mol. The molecular weight excluding hydrogens is 310 g/mol. The van der Waals surface area contributed by atoms with Gasteiger partial charge in [0.15, 0.2) is 0 Å².